The van der Waals surface area contributed by atoms with Crippen molar-refractivity contribution in [1.82, 2.24) is 15.5 Å². The van der Waals surface area contributed by atoms with Gasteiger partial charge in [-0.15, -0.1) is 0 Å². The lowest BCUT2D eigenvalue weighted by atomic mass is 10.0. The SMILES string of the molecule is Cc1[nH]nc2ccc(C3CN=C(N)C(=NCCN)N3)cc12. The van der Waals surface area contributed by atoms with Crippen molar-refractivity contribution in [3.8, 4) is 0 Å². The number of nitrogens with zero attached hydrogens (tertiary/aromatic N) is 3. The molecular weight excluding hydrogens is 266 g/mol. The molecule has 0 aliphatic carbocycles. The molecule has 0 spiro atoms. The average molecular weight is 285 g/mol. The molecule has 3 rings (SSSR count). The largest absolute Gasteiger partial charge is 0.381 e. The van der Waals surface area contributed by atoms with E-state index in [1.54, 1.807) is 0 Å². The average Bonchev–Trinajstić information content (AvgIpc) is 2.87. The van der Waals surface area contributed by atoms with Gasteiger partial charge in [0, 0.05) is 17.6 Å². The minimum atomic E-state index is 0.0625. The van der Waals surface area contributed by atoms with Crippen LogP contribution in [0.5, 0.6) is 0 Å². The second kappa shape index (κ2) is 5.53. The summed E-state index contributed by atoms with van der Waals surface area (Å²) in [5.74, 6) is 1.07. The monoisotopic (exact) mass is 285 g/mol. The molecule has 0 fully saturated rings. The molecule has 1 aliphatic rings. The topological polar surface area (TPSA) is 117 Å². The maximum atomic E-state index is 5.86. The van der Waals surface area contributed by atoms with Crippen LogP contribution in [-0.4, -0.2) is 41.5 Å². The Hall–Kier alpha value is -2.41. The fourth-order valence-corrected chi connectivity index (χ4v) is 2.41. The third kappa shape index (κ3) is 2.59. The first-order chi connectivity index (χ1) is 10.2. The van der Waals surface area contributed by atoms with E-state index in [0.29, 0.717) is 31.3 Å². The predicted octanol–water partition coefficient (Wildman–Crippen LogP) is 0.230. The number of aromatic nitrogens is 2. The van der Waals surface area contributed by atoms with Gasteiger partial charge in [0.15, 0.2) is 11.7 Å². The third-order valence-electron chi connectivity index (χ3n) is 3.57. The van der Waals surface area contributed by atoms with E-state index in [2.05, 4.69) is 37.6 Å². The molecule has 1 unspecified atom stereocenters. The number of nitrogens with two attached hydrogens (primary N) is 2. The van der Waals surface area contributed by atoms with Crippen LogP contribution in [0.3, 0.4) is 0 Å². The molecular formula is C14H19N7. The predicted molar refractivity (Wildman–Crippen MR) is 84.6 cm³/mol. The van der Waals surface area contributed by atoms with Crippen LogP contribution in [0.25, 0.3) is 10.9 Å². The van der Waals surface area contributed by atoms with E-state index >= 15 is 0 Å². The first-order valence-electron chi connectivity index (χ1n) is 6.95. The van der Waals surface area contributed by atoms with Gasteiger partial charge in [0.2, 0.25) is 0 Å². The lowest BCUT2D eigenvalue weighted by molar-refractivity contribution is 0.648. The van der Waals surface area contributed by atoms with Crippen LogP contribution in [0.2, 0.25) is 0 Å². The molecule has 2 aromatic rings. The van der Waals surface area contributed by atoms with Gasteiger partial charge in [-0.2, -0.15) is 5.10 Å². The van der Waals surface area contributed by atoms with Gasteiger partial charge in [-0.25, -0.2) is 0 Å². The standard InChI is InChI=1S/C14H19N7/c1-8-10-6-9(2-3-11(10)21-20-8)12-7-18-13(16)14(19-12)17-5-4-15/h2-3,6,12H,4-5,7,15H2,1H3,(H2,16,18)(H,17,19)(H,20,21). The van der Waals surface area contributed by atoms with Gasteiger partial charge in [0.25, 0.3) is 0 Å². The Bertz CT molecular complexity index is 713. The number of fused-ring (bicyclic) bond motifs is 1. The van der Waals surface area contributed by atoms with Crippen LogP contribution in [0.1, 0.15) is 17.3 Å². The number of H-pyrrole nitrogens is 1. The Labute approximate surface area is 122 Å². The number of hydrogen-bond acceptors (Lipinski definition) is 5. The molecule has 1 atom stereocenters. The summed E-state index contributed by atoms with van der Waals surface area (Å²) in [6.45, 7) is 3.63. The summed E-state index contributed by atoms with van der Waals surface area (Å²) >= 11 is 0. The van der Waals surface area contributed by atoms with E-state index in [-0.39, 0.29) is 6.04 Å². The number of hydrogen-bond donors (Lipinski definition) is 4. The molecule has 0 bridgehead atoms. The summed E-state index contributed by atoms with van der Waals surface area (Å²) in [7, 11) is 0. The van der Waals surface area contributed by atoms with Gasteiger partial charge in [-0.05, 0) is 24.6 Å². The Balaban J connectivity index is 1.90. The summed E-state index contributed by atoms with van der Waals surface area (Å²) in [5, 5.41) is 11.7. The van der Waals surface area contributed by atoms with Crippen molar-refractivity contribution in [2.45, 2.75) is 13.0 Å². The highest BCUT2D eigenvalue weighted by Gasteiger charge is 2.20. The lowest BCUT2D eigenvalue weighted by Gasteiger charge is -2.24. The molecule has 7 nitrogen and oxygen atoms in total. The van der Waals surface area contributed by atoms with Crippen molar-refractivity contribution >= 4 is 22.6 Å². The van der Waals surface area contributed by atoms with Crippen LogP contribution in [-0.2, 0) is 0 Å². The number of nitrogens with one attached hydrogen (secondary N) is 2. The maximum absolute atomic E-state index is 5.86. The van der Waals surface area contributed by atoms with Crippen LogP contribution in [0.4, 0.5) is 0 Å². The van der Waals surface area contributed by atoms with Crippen molar-refractivity contribution in [2.75, 3.05) is 19.6 Å². The minimum absolute atomic E-state index is 0.0625. The first-order valence-corrected chi connectivity index (χ1v) is 6.95. The minimum Gasteiger partial charge on any atom is -0.381 e. The van der Waals surface area contributed by atoms with Gasteiger partial charge >= 0.3 is 0 Å². The fraction of sp³-hybridized carbons (Fsp3) is 0.357. The van der Waals surface area contributed by atoms with Crippen molar-refractivity contribution in [2.24, 2.45) is 21.5 Å². The third-order valence-corrected chi connectivity index (χ3v) is 3.57. The molecule has 21 heavy (non-hydrogen) atoms. The summed E-state index contributed by atoms with van der Waals surface area (Å²) in [4.78, 5) is 8.68. The number of aryl methyl sites for hydroxylation is 1. The van der Waals surface area contributed by atoms with E-state index in [9.17, 15) is 0 Å². The second-order valence-electron chi connectivity index (χ2n) is 5.07. The van der Waals surface area contributed by atoms with Crippen LogP contribution in [0, 0.1) is 6.92 Å². The van der Waals surface area contributed by atoms with Gasteiger partial charge in [0.05, 0.1) is 24.6 Å². The van der Waals surface area contributed by atoms with Gasteiger partial charge < -0.3 is 16.8 Å². The quantitative estimate of drug-likeness (QED) is 0.645. The van der Waals surface area contributed by atoms with Crippen molar-refractivity contribution in [3.63, 3.8) is 0 Å². The van der Waals surface area contributed by atoms with Crippen LogP contribution < -0.4 is 16.8 Å². The molecule has 0 saturated heterocycles. The molecule has 2 heterocycles. The molecule has 1 aliphatic heterocycles. The van der Waals surface area contributed by atoms with E-state index in [4.69, 9.17) is 11.5 Å². The molecule has 1 aromatic heterocycles. The Morgan fingerprint density at radius 2 is 2.29 bits per heavy atom. The van der Waals surface area contributed by atoms with Crippen molar-refractivity contribution in [3.05, 3.63) is 29.5 Å². The van der Waals surface area contributed by atoms with Gasteiger partial charge in [0.1, 0.15) is 0 Å². The molecule has 1 aromatic carbocycles. The Kier molecular flexibility index (Phi) is 3.57. The lowest BCUT2D eigenvalue weighted by Crippen LogP contribution is -2.44. The molecule has 0 saturated carbocycles. The zero-order chi connectivity index (χ0) is 14.8. The summed E-state index contributed by atoms with van der Waals surface area (Å²) in [6.07, 6.45) is 0. The highest BCUT2D eigenvalue weighted by Crippen LogP contribution is 2.22. The van der Waals surface area contributed by atoms with Crippen LogP contribution >= 0.6 is 0 Å². The zero-order valence-corrected chi connectivity index (χ0v) is 11.9. The first kappa shape index (κ1) is 13.6. The number of aliphatic imine (C=N–C) groups is 2. The summed E-state index contributed by atoms with van der Waals surface area (Å²) in [5.41, 5.74) is 14.5. The molecule has 7 heteroatoms. The number of rotatable bonds is 3. The van der Waals surface area contributed by atoms with Gasteiger partial charge in [-0.3, -0.25) is 15.1 Å². The Morgan fingerprint density at radius 1 is 1.43 bits per heavy atom. The smallest absolute Gasteiger partial charge is 0.164 e. The molecule has 0 radical (unpaired) electrons. The normalized spacial score (nSPS) is 20.6. The van der Waals surface area contributed by atoms with E-state index < -0.39 is 0 Å². The summed E-state index contributed by atoms with van der Waals surface area (Å²) < 4.78 is 0. The van der Waals surface area contributed by atoms with Crippen molar-refractivity contribution in [1.29, 1.82) is 0 Å². The highest BCUT2D eigenvalue weighted by atomic mass is 15.1. The van der Waals surface area contributed by atoms with Crippen LogP contribution in [0.15, 0.2) is 28.2 Å². The molecule has 110 valence electrons. The van der Waals surface area contributed by atoms with E-state index in [1.165, 1.54) is 0 Å². The van der Waals surface area contributed by atoms with Crippen molar-refractivity contribution < 1.29 is 0 Å². The maximum Gasteiger partial charge on any atom is 0.164 e. The Morgan fingerprint density at radius 3 is 3.10 bits per heavy atom. The fourth-order valence-electron chi connectivity index (χ4n) is 2.41. The zero-order valence-electron chi connectivity index (χ0n) is 11.9. The van der Waals surface area contributed by atoms with Gasteiger partial charge in [-0.1, -0.05) is 6.07 Å². The van der Waals surface area contributed by atoms with E-state index in [1.807, 2.05) is 13.0 Å². The second-order valence-corrected chi connectivity index (χ2v) is 5.07. The number of aromatic amines is 1. The molecule has 6 N–H and O–H groups in total. The van der Waals surface area contributed by atoms with E-state index in [0.717, 1.165) is 22.2 Å². The number of benzene rings is 1. The molecule has 0 amide bonds. The number of amidine groups is 2. The highest BCUT2D eigenvalue weighted by molar-refractivity contribution is 6.40. The summed E-state index contributed by atoms with van der Waals surface area (Å²) in [6, 6.07) is 6.25.